The number of hydrogen-bond donors (Lipinski definition) is 2. The maximum absolute atomic E-state index is 12.0. The Labute approximate surface area is 123 Å². The molecule has 0 heterocycles. The summed E-state index contributed by atoms with van der Waals surface area (Å²) < 4.78 is 26.6. The van der Waals surface area contributed by atoms with Crippen LogP contribution >= 0.6 is 0 Å². The number of anilines is 1. The quantitative estimate of drug-likeness (QED) is 0.877. The van der Waals surface area contributed by atoms with Crippen LogP contribution in [0.15, 0.2) is 29.2 Å². The van der Waals surface area contributed by atoms with E-state index in [1.807, 2.05) is 0 Å². The lowest BCUT2D eigenvalue weighted by atomic mass is 9.88. The Morgan fingerprint density at radius 3 is 1.90 bits per heavy atom. The zero-order chi connectivity index (χ0) is 15.6. The number of sulfonamides is 1. The van der Waals surface area contributed by atoms with Crippen LogP contribution in [0.2, 0.25) is 0 Å². The largest absolute Gasteiger partial charge is 0.382 e. The maximum Gasteiger partial charge on any atom is 0.240 e. The molecule has 0 saturated carbocycles. The highest BCUT2D eigenvalue weighted by molar-refractivity contribution is 7.89. The smallest absolute Gasteiger partial charge is 0.240 e. The van der Waals surface area contributed by atoms with Crippen molar-refractivity contribution in [1.29, 1.82) is 0 Å². The van der Waals surface area contributed by atoms with Crippen molar-refractivity contribution in [3.05, 3.63) is 24.3 Å². The van der Waals surface area contributed by atoms with E-state index in [9.17, 15) is 8.42 Å². The molecule has 0 aromatic heterocycles. The lowest BCUT2D eigenvalue weighted by molar-refractivity contribution is 0.359. The molecule has 1 aromatic rings. The summed E-state index contributed by atoms with van der Waals surface area (Å²) in [7, 11) is -3.41. The van der Waals surface area contributed by atoms with Crippen LogP contribution in [-0.4, -0.2) is 20.5 Å². The Balaban J connectivity index is 2.85. The molecule has 0 aliphatic carbocycles. The molecule has 0 radical (unpaired) electrons. The van der Waals surface area contributed by atoms with E-state index in [1.165, 1.54) is 0 Å². The molecule has 1 unspecified atom stereocenters. The fourth-order valence-electron chi connectivity index (χ4n) is 1.58. The minimum absolute atomic E-state index is 0.112. The van der Waals surface area contributed by atoms with E-state index in [0.29, 0.717) is 10.9 Å². The van der Waals surface area contributed by atoms with Crippen LogP contribution in [0.4, 0.5) is 5.69 Å². The van der Waals surface area contributed by atoms with Crippen molar-refractivity contribution < 1.29 is 8.42 Å². The average Bonchev–Trinajstić information content (AvgIpc) is 2.26. The summed E-state index contributed by atoms with van der Waals surface area (Å²) in [5, 5.41) is 3.39. The molecule has 0 amide bonds. The first kappa shape index (κ1) is 17.0. The van der Waals surface area contributed by atoms with Gasteiger partial charge in [0.2, 0.25) is 10.0 Å². The Morgan fingerprint density at radius 2 is 1.50 bits per heavy atom. The van der Waals surface area contributed by atoms with Gasteiger partial charge in [0.15, 0.2) is 0 Å². The van der Waals surface area contributed by atoms with Crippen LogP contribution in [0.25, 0.3) is 0 Å². The van der Waals surface area contributed by atoms with E-state index in [0.717, 1.165) is 5.69 Å². The van der Waals surface area contributed by atoms with E-state index in [2.05, 4.69) is 37.7 Å². The first-order chi connectivity index (χ1) is 9.02. The average molecular weight is 298 g/mol. The van der Waals surface area contributed by atoms with Gasteiger partial charge in [-0.25, -0.2) is 13.1 Å². The number of hydrogen-bond acceptors (Lipinski definition) is 3. The molecule has 114 valence electrons. The zero-order valence-electron chi connectivity index (χ0n) is 13.2. The summed E-state index contributed by atoms with van der Waals surface area (Å²) in [6.45, 7) is 12.2. The van der Waals surface area contributed by atoms with Crippen LogP contribution in [0, 0.1) is 5.41 Å². The predicted octanol–water partition coefficient (Wildman–Crippen LogP) is 3.22. The molecule has 0 spiro atoms. The molecule has 1 rings (SSSR count). The summed E-state index contributed by atoms with van der Waals surface area (Å²) in [4.78, 5) is 0.292. The minimum Gasteiger partial charge on any atom is -0.382 e. The molecule has 20 heavy (non-hydrogen) atoms. The zero-order valence-corrected chi connectivity index (χ0v) is 14.0. The molecule has 0 fully saturated rings. The molecular formula is C15H26N2O2S. The van der Waals surface area contributed by atoms with Crippen molar-refractivity contribution in [2.45, 2.75) is 58.5 Å². The summed E-state index contributed by atoms with van der Waals surface area (Å²) in [6, 6.07) is 7.04. The molecule has 2 N–H and O–H groups in total. The Hall–Kier alpha value is -1.07. The van der Waals surface area contributed by atoms with Gasteiger partial charge in [-0.15, -0.1) is 0 Å². The van der Waals surface area contributed by atoms with E-state index < -0.39 is 10.0 Å². The SMILES string of the molecule is CC(C)NS(=O)(=O)c1ccc(NC(C)C(C)(C)C)cc1. The Kier molecular flexibility index (Phi) is 5.21. The van der Waals surface area contributed by atoms with E-state index in [4.69, 9.17) is 0 Å². The molecule has 0 saturated heterocycles. The third-order valence-electron chi connectivity index (χ3n) is 3.24. The molecule has 5 heteroatoms. The fourth-order valence-corrected chi connectivity index (χ4v) is 2.83. The number of nitrogens with one attached hydrogen (secondary N) is 2. The van der Waals surface area contributed by atoms with Crippen LogP contribution < -0.4 is 10.0 Å². The van der Waals surface area contributed by atoms with Gasteiger partial charge in [0.25, 0.3) is 0 Å². The van der Waals surface area contributed by atoms with Crippen molar-refractivity contribution in [3.63, 3.8) is 0 Å². The second kappa shape index (κ2) is 6.14. The van der Waals surface area contributed by atoms with Gasteiger partial charge in [0.1, 0.15) is 0 Å². The topological polar surface area (TPSA) is 58.2 Å². The molecule has 0 aliphatic rings. The van der Waals surface area contributed by atoms with E-state index >= 15 is 0 Å². The molecule has 0 bridgehead atoms. The summed E-state index contributed by atoms with van der Waals surface area (Å²) in [5.41, 5.74) is 1.07. The van der Waals surface area contributed by atoms with E-state index in [-0.39, 0.29) is 11.5 Å². The third kappa shape index (κ3) is 4.80. The second-order valence-electron chi connectivity index (χ2n) is 6.53. The minimum atomic E-state index is -3.41. The van der Waals surface area contributed by atoms with Gasteiger partial charge in [-0.2, -0.15) is 0 Å². The van der Waals surface area contributed by atoms with E-state index in [1.54, 1.807) is 38.1 Å². The number of benzene rings is 1. The maximum atomic E-state index is 12.0. The monoisotopic (exact) mass is 298 g/mol. The van der Waals surface area contributed by atoms with Gasteiger partial charge in [-0.05, 0) is 50.5 Å². The van der Waals surface area contributed by atoms with Crippen LogP contribution in [0.5, 0.6) is 0 Å². The fraction of sp³-hybridized carbons (Fsp3) is 0.600. The van der Waals surface area contributed by atoms with Gasteiger partial charge >= 0.3 is 0 Å². The molecule has 1 atom stereocenters. The van der Waals surface area contributed by atoms with Gasteiger partial charge in [-0.3, -0.25) is 0 Å². The van der Waals surface area contributed by atoms with Crippen LogP contribution in [0.1, 0.15) is 41.5 Å². The predicted molar refractivity (Wildman–Crippen MR) is 84.4 cm³/mol. The van der Waals surface area contributed by atoms with Crippen molar-refractivity contribution in [2.75, 3.05) is 5.32 Å². The first-order valence-corrected chi connectivity index (χ1v) is 8.39. The normalized spacial score (nSPS) is 14.3. The molecule has 1 aromatic carbocycles. The lowest BCUT2D eigenvalue weighted by Crippen LogP contribution is -2.31. The Bertz CT molecular complexity index is 528. The van der Waals surface area contributed by atoms with Crippen molar-refractivity contribution in [1.82, 2.24) is 4.72 Å². The van der Waals surface area contributed by atoms with Crippen LogP contribution in [0.3, 0.4) is 0 Å². The molecular weight excluding hydrogens is 272 g/mol. The van der Waals surface area contributed by atoms with Gasteiger partial charge in [-0.1, -0.05) is 20.8 Å². The lowest BCUT2D eigenvalue weighted by Gasteiger charge is -2.29. The molecule has 0 aliphatic heterocycles. The standard InChI is InChI=1S/C15H26N2O2S/c1-11(2)17-20(18,19)14-9-7-13(8-10-14)16-12(3)15(4,5)6/h7-12,16-17H,1-6H3. The second-order valence-corrected chi connectivity index (χ2v) is 8.25. The van der Waals surface area contributed by atoms with Gasteiger partial charge in [0, 0.05) is 17.8 Å². The summed E-state index contributed by atoms with van der Waals surface area (Å²) >= 11 is 0. The third-order valence-corrected chi connectivity index (χ3v) is 4.91. The van der Waals surface area contributed by atoms with Crippen molar-refractivity contribution >= 4 is 15.7 Å². The summed E-state index contributed by atoms with van der Waals surface area (Å²) in [5.74, 6) is 0. The van der Waals surface area contributed by atoms with Gasteiger partial charge in [0.05, 0.1) is 4.90 Å². The van der Waals surface area contributed by atoms with Crippen molar-refractivity contribution in [3.8, 4) is 0 Å². The molecule has 4 nitrogen and oxygen atoms in total. The summed E-state index contributed by atoms with van der Waals surface area (Å²) in [6.07, 6.45) is 0. The first-order valence-electron chi connectivity index (χ1n) is 6.91. The van der Waals surface area contributed by atoms with Crippen molar-refractivity contribution in [2.24, 2.45) is 5.41 Å². The number of rotatable bonds is 5. The van der Waals surface area contributed by atoms with Gasteiger partial charge < -0.3 is 5.32 Å². The highest BCUT2D eigenvalue weighted by Crippen LogP contribution is 2.23. The highest BCUT2D eigenvalue weighted by Gasteiger charge is 2.20. The van der Waals surface area contributed by atoms with Crippen LogP contribution in [-0.2, 0) is 10.0 Å². The Morgan fingerprint density at radius 1 is 1.00 bits per heavy atom. The highest BCUT2D eigenvalue weighted by atomic mass is 32.2.